The van der Waals surface area contributed by atoms with E-state index in [9.17, 15) is 9.50 Å². The number of rotatable bonds is 2. The van der Waals surface area contributed by atoms with Crippen LogP contribution in [0, 0.1) is 19.7 Å². The molecule has 0 aromatic heterocycles. The Hall–Kier alpha value is -1.38. The largest absolute Gasteiger partial charge is 0.384 e. The van der Waals surface area contributed by atoms with Gasteiger partial charge < -0.3 is 5.11 Å². The molecule has 94 valence electrons. The van der Waals surface area contributed by atoms with Crippen LogP contribution in [-0.2, 0) is 0 Å². The zero-order valence-corrected chi connectivity index (χ0v) is 11.0. The van der Waals surface area contributed by atoms with Crippen LogP contribution in [0.3, 0.4) is 0 Å². The quantitative estimate of drug-likeness (QED) is 0.863. The number of benzene rings is 2. The van der Waals surface area contributed by atoms with Gasteiger partial charge in [0.25, 0.3) is 0 Å². The number of aliphatic hydroxyl groups is 1. The highest BCUT2D eigenvalue weighted by Crippen LogP contribution is 2.28. The number of hydrogen-bond acceptors (Lipinski definition) is 1. The molecule has 1 nitrogen and oxygen atoms in total. The fraction of sp³-hybridized carbons (Fsp3) is 0.200. The minimum Gasteiger partial charge on any atom is -0.384 e. The second kappa shape index (κ2) is 5.09. The van der Waals surface area contributed by atoms with E-state index < -0.39 is 11.9 Å². The Balaban J connectivity index is 2.47. The molecule has 0 aliphatic carbocycles. The number of aryl methyl sites for hydroxylation is 2. The molecular weight excluding hydrogens is 251 g/mol. The number of hydrogen-bond donors (Lipinski definition) is 1. The normalized spacial score (nSPS) is 12.5. The van der Waals surface area contributed by atoms with Crippen LogP contribution in [0.25, 0.3) is 0 Å². The van der Waals surface area contributed by atoms with Crippen LogP contribution in [0.5, 0.6) is 0 Å². The second-order valence-corrected chi connectivity index (χ2v) is 4.86. The van der Waals surface area contributed by atoms with Crippen LogP contribution >= 0.6 is 11.6 Å². The smallest absolute Gasteiger partial charge is 0.130 e. The Kier molecular flexibility index (Phi) is 3.69. The lowest BCUT2D eigenvalue weighted by atomic mass is 9.95. The molecule has 0 spiro atoms. The van der Waals surface area contributed by atoms with Crippen LogP contribution in [0.2, 0.25) is 5.02 Å². The minimum absolute atomic E-state index is 0.244. The Bertz CT molecular complexity index is 581. The van der Waals surface area contributed by atoms with Crippen molar-refractivity contribution in [2.75, 3.05) is 0 Å². The molecule has 0 aliphatic heterocycles. The summed E-state index contributed by atoms with van der Waals surface area (Å²) in [5, 5.41) is 10.6. The van der Waals surface area contributed by atoms with Gasteiger partial charge in [-0.3, -0.25) is 0 Å². The van der Waals surface area contributed by atoms with Gasteiger partial charge in [-0.2, -0.15) is 0 Å². The molecular formula is C15H14ClFO. The van der Waals surface area contributed by atoms with Crippen LogP contribution in [0.15, 0.2) is 36.4 Å². The highest BCUT2D eigenvalue weighted by atomic mass is 35.5. The van der Waals surface area contributed by atoms with Crippen molar-refractivity contribution in [1.82, 2.24) is 0 Å². The molecule has 1 N–H and O–H groups in total. The van der Waals surface area contributed by atoms with E-state index in [0.717, 1.165) is 16.7 Å². The molecule has 2 rings (SSSR count). The van der Waals surface area contributed by atoms with Gasteiger partial charge in [0, 0.05) is 10.6 Å². The fourth-order valence-electron chi connectivity index (χ4n) is 1.95. The molecule has 0 aliphatic rings. The summed E-state index contributed by atoms with van der Waals surface area (Å²) in [5.41, 5.74) is 2.93. The van der Waals surface area contributed by atoms with E-state index in [1.165, 1.54) is 12.1 Å². The van der Waals surface area contributed by atoms with Crippen LogP contribution in [0.1, 0.15) is 28.4 Å². The van der Waals surface area contributed by atoms with E-state index in [1.54, 1.807) is 6.07 Å². The molecule has 2 aromatic rings. The summed E-state index contributed by atoms with van der Waals surface area (Å²) in [7, 11) is 0. The minimum atomic E-state index is -0.970. The summed E-state index contributed by atoms with van der Waals surface area (Å²) in [6.07, 6.45) is -0.970. The maximum absolute atomic E-state index is 13.8. The van der Waals surface area contributed by atoms with Crippen LogP contribution < -0.4 is 0 Å². The second-order valence-electron chi connectivity index (χ2n) is 4.43. The van der Waals surface area contributed by atoms with E-state index in [2.05, 4.69) is 0 Å². The first-order chi connectivity index (χ1) is 8.49. The molecule has 0 saturated carbocycles. The van der Waals surface area contributed by atoms with Crippen molar-refractivity contribution < 1.29 is 9.50 Å². The maximum Gasteiger partial charge on any atom is 0.130 e. The highest BCUT2D eigenvalue weighted by Gasteiger charge is 2.17. The highest BCUT2D eigenvalue weighted by molar-refractivity contribution is 6.30. The Morgan fingerprint density at radius 1 is 1.06 bits per heavy atom. The average Bonchev–Trinajstić information content (AvgIpc) is 2.31. The molecule has 0 fully saturated rings. The Morgan fingerprint density at radius 3 is 2.44 bits per heavy atom. The molecule has 0 bridgehead atoms. The van der Waals surface area contributed by atoms with Crippen molar-refractivity contribution >= 4 is 11.6 Å². The molecule has 18 heavy (non-hydrogen) atoms. The molecule has 3 heteroatoms. The third kappa shape index (κ3) is 2.55. The Morgan fingerprint density at radius 2 is 1.78 bits per heavy atom. The van der Waals surface area contributed by atoms with Crippen molar-refractivity contribution in [3.05, 3.63) is 69.5 Å². The zero-order valence-electron chi connectivity index (χ0n) is 10.2. The van der Waals surface area contributed by atoms with Crippen molar-refractivity contribution in [1.29, 1.82) is 0 Å². The van der Waals surface area contributed by atoms with E-state index in [1.807, 2.05) is 32.0 Å². The summed E-state index contributed by atoms with van der Waals surface area (Å²) in [6, 6.07) is 10.1. The van der Waals surface area contributed by atoms with Crippen molar-refractivity contribution in [2.45, 2.75) is 20.0 Å². The Labute approximate surface area is 111 Å². The first-order valence-corrected chi connectivity index (χ1v) is 6.07. The molecule has 1 unspecified atom stereocenters. The predicted octanol–water partition coefficient (Wildman–Crippen LogP) is 4.18. The SMILES string of the molecule is Cc1ccc(C)c(C(O)c2ccc(Cl)cc2F)c1. The monoisotopic (exact) mass is 264 g/mol. The molecule has 0 saturated heterocycles. The lowest BCUT2D eigenvalue weighted by molar-refractivity contribution is 0.214. The van der Waals surface area contributed by atoms with E-state index in [4.69, 9.17) is 11.6 Å². The van der Waals surface area contributed by atoms with E-state index >= 15 is 0 Å². The summed E-state index contributed by atoms with van der Waals surface area (Å²) >= 11 is 5.70. The first-order valence-electron chi connectivity index (χ1n) is 5.69. The average molecular weight is 265 g/mol. The lowest BCUT2D eigenvalue weighted by Crippen LogP contribution is -2.05. The summed E-state index contributed by atoms with van der Waals surface area (Å²) in [5.74, 6) is -0.490. The molecule has 2 aromatic carbocycles. The van der Waals surface area contributed by atoms with E-state index in [0.29, 0.717) is 5.02 Å². The van der Waals surface area contributed by atoms with E-state index in [-0.39, 0.29) is 5.56 Å². The third-order valence-corrected chi connectivity index (χ3v) is 3.22. The van der Waals surface area contributed by atoms with Gasteiger partial charge in [-0.15, -0.1) is 0 Å². The molecule has 1 atom stereocenters. The summed E-state index contributed by atoms with van der Waals surface area (Å²) in [4.78, 5) is 0. The first kappa shape index (κ1) is 13.1. The number of halogens is 2. The van der Waals surface area contributed by atoms with Gasteiger partial charge in [0.05, 0.1) is 0 Å². The summed E-state index contributed by atoms with van der Waals surface area (Å²) in [6.45, 7) is 3.83. The fourth-order valence-corrected chi connectivity index (χ4v) is 2.10. The maximum atomic E-state index is 13.8. The van der Waals surface area contributed by atoms with Gasteiger partial charge in [0.1, 0.15) is 11.9 Å². The molecule has 0 amide bonds. The predicted molar refractivity (Wildman–Crippen MR) is 71.4 cm³/mol. The molecule has 0 radical (unpaired) electrons. The number of aliphatic hydroxyl groups excluding tert-OH is 1. The van der Waals surface area contributed by atoms with Gasteiger partial charge in [-0.05, 0) is 37.1 Å². The summed E-state index contributed by atoms with van der Waals surface area (Å²) < 4.78 is 13.8. The van der Waals surface area contributed by atoms with Gasteiger partial charge in [0.2, 0.25) is 0 Å². The standard InChI is InChI=1S/C15H14ClFO/c1-9-3-4-10(2)13(7-9)15(18)12-6-5-11(16)8-14(12)17/h3-8,15,18H,1-2H3. The zero-order chi connectivity index (χ0) is 13.3. The van der Waals surface area contributed by atoms with Crippen molar-refractivity contribution in [2.24, 2.45) is 0 Å². The van der Waals surface area contributed by atoms with Crippen LogP contribution in [-0.4, -0.2) is 5.11 Å². The molecule has 0 heterocycles. The van der Waals surface area contributed by atoms with Gasteiger partial charge in [0.15, 0.2) is 0 Å². The lowest BCUT2D eigenvalue weighted by Gasteiger charge is -2.15. The van der Waals surface area contributed by atoms with Crippen LogP contribution in [0.4, 0.5) is 4.39 Å². The van der Waals surface area contributed by atoms with Crippen molar-refractivity contribution in [3.8, 4) is 0 Å². The van der Waals surface area contributed by atoms with Gasteiger partial charge in [-0.25, -0.2) is 4.39 Å². The van der Waals surface area contributed by atoms with Crippen molar-refractivity contribution in [3.63, 3.8) is 0 Å². The third-order valence-electron chi connectivity index (χ3n) is 2.99. The van der Waals surface area contributed by atoms with Gasteiger partial charge >= 0.3 is 0 Å². The topological polar surface area (TPSA) is 20.2 Å². The van der Waals surface area contributed by atoms with Gasteiger partial charge in [-0.1, -0.05) is 41.4 Å².